The van der Waals surface area contributed by atoms with E-state index in [2.05, 4.69) is 13.1 Å². The Bertz CT molecular complexity index is 101. The Balaban J connectivity index is 3.68. The minimum Gasteiger partial charge on any atom is -0.377 e. The second kappa shape index (κ2) is 4.62. The molecule has 0 saturated heterocycles. The van der Waals surface area contributed by atoms with E-state index in [1.807, 2.05) is 0 Å². The monoisotopic (exact) mass is 161 g/mol. The SMILES string of the molecule is [CH2][Si](OC)(OC)OCC=C. The van der Waals surface area contributed by atoms with Crippen molar-refractivity contribution in [3.05, 3.63) is 19.2 Å². The quantitative estimate of drug-likeness (QED) is 0.441. The summed E-state index contributed by atoms with van der Waals surface area (Å²) in [5.74, 6) is 0. The molecule has 59 valence electrons. The third-order valence-corrected chi connectivity index (χ3v) is 2.89. The number of rotatable bonds is 5. The van der Waals surface area contributed by atoms with Crippen LogP contribution in [0.4, 0.5) is 0 Å². The number of hydrogen-bond donors (Lipinski definition) is 0. The van der Waals surface area contributed by atoms with Crippen LogP contribution >= 0.6 is 0 Å². The van der Waals surface area contributed by atoms with Gasteiger partial charge >= 0.3 is 8.80 Å². The van der Waals surface area contributed by atoms with Gasteiger partial charge in [0.05, 0.1) is 6.61 Å². The predicted molar refractivity (Wildman–Crippen MR) is 41.3 cm³/mol. The summed E-state index contributed by atoms with van der Waals surface area (Å²) in [5.41, 5.74) is 0. The van der Waals surface area contributed by atoms with Crippen molar-refractivity contribution in [3.63, 3.8) is 0 Å². The largest absolute Gasteiger partial charge is 0.500 e. The Morgan fingerprint density at radius 1 is 1.40 bits per heavy atom. The molecule has 0 aliphatic carbocycles. The fourth-order valence-electron chi connectivity index (χ4n) is 0.387. The van der Waals surface area contributed by atoms with E-state index in [4.69, 9.17) is 13.3 Å². The van der Waals surface area contributed by atoms with E-state index in [1.54, 1.807) is 6.08 Å². The fourth-order valence-corrected chi connectivity index (χ4v) is 1.16. The van der Waals surface area contributed by atoms with Gasteiger partial charge in [-0.15, -0.1) is 6.58 Å². The Morgan fingerprint density at radius 2 is 1.90 bits per heavy atom. The van der Waals surface area contributed by atoms with Gasteiger partial charge < -0.3 is 13.3 Å². The highest BCUT2D eigenvalue weighted by Crippen LogP contribution is 2.03. The third kappa shape index (κ3) is 3.12. The lowest BCUT2D eigenvalue weighted by molar-refractivity contribution is 0.123. The molecule has 0 N–H and O–H groups in total. The van der Waals surface area contributed by atoms with Crippen molar-refractivity contribution in [2.45, 2.75) is 0 Å². The van der Waals surface area contributed by atoms with Crippen LogP contribution in [0, 0.1) is 6.55 Å². The molecular weight excluding hydrogens is 148 g/mol. The smallest absolute Gasteiger partial charge is 0.377 e. The molecule has 0 aliphatic heterocycles. The molecule has 0 heterocycles. The highest BCUT2D eigenvalue weighted by Gasteiger charge is 2.31. The Morgan fingerprint density at radius 3 is 2.20 bits per heavy atom. The van der Waals surface area contributed by atoms with Crippen LogP contribution in [0.3, 0.4) is 0 Å². The van der Waals surface area contributed by atoms with Gasteiger partial charge in [-0.3, -0.25) is 0 Å². The van der Waals surface area contributed by atoms with Crippen LogP contribution in [-0.2, 0) is 13.3 Å². The molecule has 10 heavy (non-hydrogen) atoms. The van der Waals surface area contributed by atoms with Crippen molar-refractivity contribution >= 4 is 8.80 Å². The summed E-state index contributed by atoms with van der Waals surface area (Å²) in [4.78, 5) is 0. The minimum absolute atomic E-state index is 0.414. The van der Waals surface area contributed by atoms with Crippen molar-refractivity contribution in [1.29, 1.82) is 0 Å². The first-order valence-corrected chi connectivity index (χ1v) is 4.82. The highest BCUT2D eigenvalue weighted by molar-refractivity contribution is 6.62. The summed E-state index contributed by atoms with van der Waals surface area (Å²) in [6.45, 7) is 7.57. The maximum atomic E-state index is 5.14. The van der Waals surface area contributed by atoms with E-state index in [0.29, 0.717) is 6.61 Å². The molecule has 0 aromatic carbocycles. The first kappa shape index (κ1) is 9.84. The number of hydrogen-bond acceptors (Lipinski definition) is 3. The lowest BCUT2D eigenvalue weighted by atomic mass is 10.7. The van der Waals surface area contributed by atoms with E-state index in [1.165, 1.54) is 14.2 Å². The lowest BCUT2D eigenvalue weighted by Crippen LogP contribution is -2.41. The molecule has 0 rings (SSSR count). The zero-order chi connectivity index (χ0) is 8.04. The summed E-state index contributed by atoms with van der Waals surface area (Å²) in [7, 11) is 0.500. The first-order chi connectivity index (χ1) is 4.68. The molecule has 1 radical (unpaired) electrons. The van der Waals surface area contributed by atoms with E-state index < -0.39 is 8.80 Å². The van der Waals surface area contributed by atoms with Crippen molar-refractivity contribution < 1.29 is 13.3 Å². The van der Waals surface area contributed by atoms with Gasteiger partial charge in [0.25, 0.3) is 0 Å². The summed E-state index contributed by atoms with van der Waals surface area (Å²) in [6, 6.07) is 0. The zero-order valence-corrected chi connectivity index (χ0v) is 7.42. The fraction of sp³-hybridized carbons (Fsp3) is 0.500. The maximum absolute atomic E-state index is 5.14. The highest BCUT2D eigenvalue weighted by atomic mass is 28.4. The Kier molecular flexibility index (Phi) is 4.55. The molecule has 0 bridgehead atoms. The van der Waals surface area contributed by atoms with Crippen LogP contribution in [0.5, 0.6) is 0 Å². The molecule has 4 heteroatoms. The average molecular weight is 161 g/mol. The summed E-state index contributed by atoms with van der Waals surface area (Å²) in [5, 5.41) is 0. The van der Waals surface area contributed by atoms with E-state index in [-0.39, 0.29) is 0 Å². The average Bonchev–Trinajstić information content (AvgIpc) is 2.00. The van der Waals surface area contributed by atoms with E-state index in [0.717, 1.165) is 0 Å². The lowest BCUT2D eigenvalue weighted by Gasteiger charge is -2.20. The summed E-state index contributed by atoms with van der Waals surface area (Å²) >= 11 is 0. The van der Waals surface area contributed by atoms with E-state index >= 15 is 0 Å². The first-order valence-electron chi connectivity index (χ1n) is 2.89. The maximum Gasteiger partial charge on any atom is 0.500 e. The molecule has 0 aromatic heterocycles. The van der Waals surface area contributed by atoms with Crippen LogP contribution < -0.4 is 0 Å². The molecule has 0 amide bonds. The van der Waals surface area contributed by atoms with Gasteiger partial charge in [-0.2, -0.15) is 0 Å². The van der Waals surface area contributed by atoms with Crippen molar-refractivity contribution in [1.82, 2.24) is 0 Å². The van der Waals surface area contributed by atoms with Gasteiger partial charge in [-0.05, 0) is 0 Å². The normalized spacial score (nSPS) is 11.5. The van der Waals surface area contributed by atoms with Crippen LogP contribution in [0.15, 0.2) is 12.7 Å². The topological polar surface area (TPSA) is 27.7 Å². The second-order valence-electron chi connectivity index (χ2n) is 1.69. The standard InChI is InChI=1S/C6H13O3Si/c1-5-6-9-10(4,7-2)8-3/h5H,1,4,6H2,2-3H3. The van der Waals surface area contributed by atoms with Gasteiger partial charge in [0.1, 0.15) is 0 Å². The molecule has 0 spiro atoms. The molecule has 0 atom stereocenters. The summed E-state index contributed by atoms with van der Waals surface area (Å²) in [6.07, 6.45) is 1.63. The van der Waals surface area contributed by atoms with Gasteiger partial charge in [-0.25, -0.2) is 0 Å². The third-order valence-electron chi connectivity index (χ3n) is 1.04. The molecular formula is C6H13O3Si. The van der Waals surface area contributed by atoms with Gasteiger partial charge in [0, 0.05) is 20.8 Å². The molecule has 0 saturated carbocycles. The van der Waals surface area contributed by atoms with E-state index in [9.17, 15) is 0 Å². The minimum atomic E-state index is -2.54. The van der Waals surface area contributed by atoms with Crippen molar-refractivity contribution in [3.8, 4) is 0 Å². The van der Waals surface area contributed by atoms with Crippen LogP contribution in [0.25, 0.3) is 0 Å². The van der Waals surface area contributed by atoms with Gasteiger partial charge in [0.2, 0.25) is 0 Å². The molecule has 0 unspecified atom stereocenters. The van der Waals surface area contributed by atoms with Gasteiger partial charge in [-0.1, -0.05) is 6.08 Å². The predicted octanol–water partition coefficient (Wildman–Crippen LogP) is 0.794. The van der Waals surface area contributed by atoms with Crippen molar-refractivity contribution in [2.24, 2.45) is 0 Å². The molecule has 0 aliphatic rings. The molecule has 3 nitrogen and oxygen atoms in total. The van der Waals surface area contributed by atoms with Crippen LogP contribution in [0.1, 0.15) is 0 Å². The summed E-state index contributed by atoms with van der Waals surface area (Å²) < 4.78 is 15.0. The van der Waals surface area contributed by atoms with Gasteiger partial charge in [0.15, 0.2) is 0 Å². The molecule has 0 fully saturated rings. The van der Waals surface area contributed by atoms with Crippen molar-refractivity contribution in [2.75, 3.05) is 20.8 Å². The molecule has 0 aromatic rings. The Hall–Kier alpha value is -0.163. The zero-order valence-electron chi connectivity index (χ0n) is 6.42. The van der Waals surface area contributed by atoms with Crippen LogP contribution in [0.2, 0.25) is 0 Å². The second-order valence-corrected chi connectivity index (χ2v) is 4.16. The Labute approximate surface area is 63.0 Å². The van der Waals surface area contributed by atoms with Crippen LogP contribution in [-0.4, -0.2) is 29.6 Å².